The maximum absolute atomic E-state index is 13.2. The van der Waals surface area contributed by atoms with Crippen molar-refractivity contribution in [3.8, 4) is 0 Å². The van der Waals surface area contributed by atoms with E-state index in [1.54, 1.807) is 0 Å². The Labute approximate surface area is 154 Å². The molecule has 2 N–H and O–H groups in total. The minimum Gasteiger partial charge on any atom is -0.481 e. The van der Waals surface area contributed by atoms with Crippen LogP contribution in [-0.4, -0.2) is 24.2 Å². The molecule has 1 aliphatic rings. The van der Waals surface area contributed by atoms with Gasteiger partial charge in [0.05, 0.1) is 0 Å². The molecule has 0 aromatic heterocycles. The topological polar surface area (TPSA) is 49.3 Å². The second-order valence-electron chi connectivity index (χ2n) is 7.33. The number of carboxylic acids is 1. The molecule has 0 spiro atoms. The van der Waals surface area contributed by atoms with Crippen LogP contribution in [-0.2, 0) is 4.79 Å². The van der Waals surface area contributed by atoms with E-state index in [2.05, 4.69) is 26.1 Å². The van der Waals surface area contributed by atoms with Crippen LogP contribution in [0.4, 0.5) is 13.2 Å². The van der Waals surface area contributed by atoms with Crippen LogP contribution in [0.3, 0.4) is 0 Å². The quantitative estimate of drug-likeness (QED) is 0.682. The predicted molar refractivity (Wildman–Crippen MR) is 96.6 cm³/mol. The first-order chi connectivity index (χ1) is 12.2. The first-order valence-electron chi connectivity index (χ1n) is 9.31. The molecule has 148 valence electrons. The van der Waals surface area contributed by atoms with Crippen molar-refractivity contribution in [1.29, 1.82) is 0 Å². The molecule has 1 aromatic carbocycles. The summed E-state index contributed by atoms with van der Waals surface area (Å²) in [6, 6.07) is 2.04. The molecule has 2 rings (SSSR count). The van der Waals surface area contributed by atoms with Crippen LogP contribution in [0.15, 0.2) is 12.1 Å². The fraction of sp³-hybridized carbons (Fsp3) is 0.650. The summed E-state index contributed by atoms with van der Waals surface area (Å²) >= 11 is 0. The van der Waals surface area contributed by atoms with E-state index in [1.807, 2.05) is 0 Å². The lowest BCUT2D eigenvalue weighted by molar-refractivity contribution is -0.138. The summed E-state index contributed by atoms with van der Waals surface area (Å²) in [5, 5.41) is 12.0. The molecule has 0 aliphatic heterocycles. The zero-order valence-electron chi connectivity index (χ0n) is 15.8. The lowest BCUT2D eigenvalue weighted by Gasteiger charge is -2.28. The maximum Gasteiger partial charge on any atom is 0.303 e. The molecule has 26 heavy (non-hydrogen) atoms. The molecule has 6 heteroatoms. The van der Waals surface area contributed by atoms with Crippen molar-refractivity contribution >= 4 is 5.97 Å². The molecular formula is C20H30F3NO2. The first-order valence-corrected chi connectivity index (χ1v) is 9.31. The van der Waals surface area contributed by atoms with Gasteiger partial charge in [-0.1, -0.05) is 27.2 Å². The highest BCUT2D eigenvalue weighted by atomic mass is 19.2. The molecule has 2 unspecified atom stereocenters. The lowest BCUT2D eigenvalue weighted by Crippen LogP contribution is -2.18. The third-order valence-electron chi connectivity index (χ3n) is 4.53. The van der Waals surface area contributed by atoms with Gasteiger partial charge in [0.15, 0.2) is 17.5 Å². The monoisotopic (exact) mass is 373 g/mol. The number of carboxylic acid groups (broad SMARTS) is 1. The van der Waals surface area contributed by atoms with Gasteiger partial charge in [-0.05, 0) is 67.8 Å². The van der Waals surface area contributed by atoms with E-state index in [1.165, 1.54) is 0 Å². The Kier molecular flexibility index (Phi) is 9.70. The Morgan fingerprint density at radius 1 is 1.23 bits per heavy atom. The van der Waals surface area contributed by atoms with Crippen molar-refractivity contribution in [3.05, 3.63) is 35.1 Å². The molecule has 1 saturated carbocycles. The van der Waals surface area contributed by atoms with Crippen molar-refractivity contribution in [3.63, 3.8) is 0 Å². The van der Waals surface area contributed by atoms with Crippen molar-refractivity contribution in [2.24, 2.45) is 11.8 Å². The fourth-order valence-electron chi connectivity index (χ4n) is 3.27. The summed E-state index contributed by atoms with van der Waals surface area (Å²) in [5.74, 6) is -3.97. The number of rotatable bonds is 6. The number of hydrogen-bond acceptors (Lipinski definition) is 2. The van der Waals surface area contributed by atoms with Gasteiger partial charge in [-0.2, -0.15) is 0 Å². The minimum atomic E-state index is -1.46. The van der Waals surface area contributed by atoms with Gasteiger partial charge in [0, 0.05) is 6.42 Å². The summed E-state index contributed by atoms with van der Waals surface area (Å²) in [6.45, 7) is 8.79. The summed E-state index contributed by atoms with van der Waals surface area (Å²) in [4.78, 5) is 10.7. The predicted octanol–water partition coefficient (Wildman–Crippen LogP) is 5.10. The Hall–Kier alpha value is -1.56. The van der Waals surface area contributed by atoms with Gasteiger partial charge in [-0.15, -0.1) is 0 Å². The molecule has 3 nitrogen and oxygen atoms in total. The van der Waals surface area contributed by atoms with E-state index in [4.69, 9.17) is 5.11 Å². The number of benzene rings is 1. The third-order valence-corrected chi connectivity index (χ3v) is 4.53. The Morgan fingerprint density at radius 3 is 2.31 bits per heavy atom. The van der Waals surface area contributed by atoms with Gasteiger partial charge in [0.1, 0.15) is 0 Å². The first kappa shape index (κ1) is 22.5. The maximum atomic E-state index is 13.2. The summed E-state index contributed by atoms with van der Waals surface area (Å²) in [6.07, 6.45) is 3.04. The van der Waals surface area contributed by atoms with Crippen LogP contribution >= 0.6 is 0 Å². The van der Waals surface area contributed by atoms with Crippen LogP contribution in [0.2, 0.25) is 0 Å². The highest BCUT2D eigenvalue weighted by Gasteiger charge is 2.26. The van der Waals surface area contributed by atoms with Gasteiger partial charge in [0.2, 0.25) is 0 Å². The Bertz CT molecular complexity index is 555. The average molecular weight is 373 g/mol. The number of aliphatic carboxylic acids is 1. The molecule has 0 saturated heterocycles. The molecule has 0 radical (unpaired) electrons. The van der Waals surface area contributed by atoms with E-state index >= 15 is 0 Å². The molecule has 1 fully saturated rings. The van der Waals surface area contributed by atoms with Crippen LogP contribution in [0, 0.1) is 29.3 Å². The lowest BCUT2D eigenvalue weighted by atomic mass is 9.77. The summed E-state index contributed by atoms with van der Waals surface area (Å²) < 4.78 is 39.3. The molecule has 1 aromatic rings. The molecule has 0 heterocycles. The van der Waals surface area contributed by atoms with Crippen LogP contribution < -0.4 is 5.32 Å². The molecule has 2 atom stereocenters. The van der Waals surface area contributed by atoms with E-state index in [9.17, 15) is 18.0 Å². The SMILES string of the molecule is CCNCC(C)C.O=C(O)CC1CCCC(c2cc(F)c(F)c(F)c2)C1. The fourth-order valence-corrected chi connectivity index (χ4v) is 3.27. The average Bonchev–Trinajstić information content (AvgIpc) is 2.57. The Balaban J connectivity index is 0.000000412. The molecule has 1 aliphatic carbocycles. The highest BCUT2D eigenvalue weighted by molar-refractivity contribution is 5.67. The molecular weight excluding hydrogens is 343 g/mol. The third kappa shape index (κ3) is 7.77. The van der Waals surface area contributed by atoms with Gasteiger partial charge in [0.25, 0.3) is 0 Å². The largest absolute Gasteiger partial charge is 0.481 e. The number of carbonyl (C=O) groups is 1. The van der Waals surface area contributed by atoms with Crippen LogP contribution in [0.5, 0.6) is 0 Å². The Morgan fingerprint density at radius 2 is 1.85 bits per heavy atom. The smallest absolute Gasteiger partial charge is 0.303 e. The van der Waals surface area contributed by atoms with E-state index in [-0.39, 0.29) is 18.3 Å². The zero-order chi connectivity index (χ0) is 19.7. The van der Waals surface area contributed by atoms with Crippen LogP contribution in [0.1, 0.15) is 64.4 Å². The van der Waals surface area contributed by atoms with Crippen LogP contribution in [0.25, 0.3) is 0 Å². The van der Waals surface area contributed by atoms with E-state index < -0.39 is 23.4 Å². The minimum absolute atomic E-state index is 0.0208. The van der Waals surface area contributed by atoms with Crippen molar-refractivity contribution in [1.82, 2.24) is 5.32 Å². The number of nitrogens with one attached hydrogen (secondary N) is 1. The number of halogens is 3. The standard InChI is InChI=1S/C14H15F3O2.C6H15N/c15-11-6-10(7-12(16)14(11)17)9-3-1-2-8(4-9)5-13(18)19;1-4-7-5-6(2)3/h6-9H,1-5H2,(H,18,19);6-7H,4-5H2,1-3H3. The zero-order valence-corrected chi connectivity index (χ0v) is 15.8. The number of hydrogen-bond donors (Lipinski definition) is 2. The second-order valence-corrected chi connectivity index (χ2v) is 7.33. The normalized spacial score (nSPS) is 19.8. The van der Waals surface area contributed by atoms with E-state index in [0.29, 0.717) is 12.0 Å². The molecule has 0 amide bonds. The second kappa shape index (κ2) is 11.2. The highest BCUT2D eigenvalue weighted by Crippen LogP contribution is 2.38. The van der Waals surface area contributed by atoms with Crippen molar-refractivity contribution in [2.75, 3.05) is 13.1 Å². The van der Waals surface area contributed by atoms with Gasteiger partial charge in [-0.3, -0.25) is 4.79 Å². The van der Waals surface area contributed by atoms with Crippen molar-refractivity contribution in [2.45, 2.75) is 58.8 Å². The molecule has 0 bridgehead atoms. The van der Waals surface area contributed by atoms with Crippen molar-refractivity contribution < 1.29 is 23.1 Å². The van der Waals surface area contributed by atoms with Gasteiger partial charge < -0.3 is 10.4 Å². The van der Waals surface area contributed by atoms with Gasteiger partial charge >= 0.3 is 5.97 Å². The van der Waals surface area contributed by atoms with Gasteiger partial charge in [-0.25, -0.2) is 13.2 Å². The summed E-state index contributed by atoms with van der Waals surface area (Å²) in [7, 11) is 0. The summed E-state index contributed by atoms with van der Waals surface area (Å²) in [5.41, 5.74) is 0.423. The van der Waals surface area contributed by atoms with E-state index in [0.717, 1.165) is 50.4 Å².